The molecule has 0 aromatic heterocycles. The highest BCUT2D eigenvalue weighted by Crippen LogP contribution is 2.45. The van der Waals surface area contributed by atoms with Gasteiger partial charge in [0.25, 0.3) is 0 Å². The van der Waals surface area contributed by atoms with Crippen LogP contribution in [-0.4, -0.2) is 6.11 Å². The summed E-state index contributed by atoms with van der Waals surface area (Å²) in [6.07, 6.45) is 9.01. The molecule has 0 amide bonds. The van der Waals surface area contributed by atoms with Gasteiger partial charge in [0.15, 0.2) is 0 Å². The van der Waals surface area contributed by atoms with Crippen molar-refractivity contribution < 1.29 is 17.9 Å². The van der Waals surface area contributed by atoms with Crippen molar-refractivity contribution in [1.29, 1.82) is 0 Å². The topological polar surface area (TPSA) is 9.23 Å². The van der Waals surface area contributed by atoms with E-state index < -0.39 is 18.3 Å². The van der Waals surface area contributed by atoms with Gasteiger partial charge in [-0.15, -0.1) is 0 Å². The first-order chi connectivity index (χ1) is 13.4. The van der Waals surface area contributed by atoms with E-state index in [1.165, 1.54) is 57.4 Å². The van der Waals surface area contributed by atoms with Crippen molar-refractivity contribution in [3.8, 4) is 0 Å². The molecule has 0 atom stereocenters. The van der Waals surface area contributed by atoms with Crippen LogP contribution in [-0.2, 0) is 17.8 Å². The SMILES string of the molecule is CCCC1CCC(C2CCC(c3cc(F)c4c(c3)COC(F)(F)C4)CC2)CC1. The van der Waals surface area contributed by atoms with Crippen LogP contribution in [0, 0.1) is 23.6 Å². The predicted octanol–water partition coefficient (Wildman–Crippen LogP) is 7.37. The Morgan fingerprint density at radius 2 is 1.61 bits per heavy atom. The second kappa shape index (κ2) is 8.38. The molecule has 0 unspecified atom stereocenters. The predicted molar refractivity (Wildman–Crippen MR) is 105 cm³/mol. The molecule has 28 heavy (non-hydrogen) atoms. The normalized spacial score (nSPS) is 32.7. The second-order valence-corrected chi connectivity index (χ2v) is 9.42. The third-order valence-electron chi connectivity index (χ3n) is 7.63. The molecule has 2 saturated carbocycles. The number of hydrogen-bond acceptors (Lipinski definition) is 1. The van der Waals surface area contributed by atoms with Crippen LogP contribution >= 0.6 is 0 Å². The van der Waals surface area contributed by atoms with E-state index in [4.69, 9.17) is 0 Å². The van der Waals surface area contributed by atoms with E-state index in [0.29, 0.717) is 11.5 Å². The Hall–Kier alpha value is -1.03. The number of fused-ring (bicyclic) bond motifs is 1. The number of alkyl halides is 2. The highest BCUT2D eigenvalue weighted by atomic mass is 19.3. The Balaban J connectivity index is 1.35. The average molecular weight is 395 g/mol. The van der Waals surface area contributed by atoms with E-state index in [0.717, 1.165) is 36.2 Å². The van der Waals surface area contributed by atoms with Crippen LogP contribution in [0.3, 0.4) is 0 Å². The molecular formula is C24H33F3O. The van der Waals surface area contributed by atoms with Crippen molar-refractivity contribution in [3.05, 3.63) is 34.6 Å². The van der Waals surface area contributed by atoms with Crippen LogP contribution in [0.5, 0.6) is 0 Å². The van der Waals surface area contributed by atoms with E-state index >= 15 is 0 Å². The Bertz CT molecular complexity index is 671. The van der Waals surface area contributed by atoms with Gasteiger partial charge in [-0.25, -0.2) is 4.39 Å². The standard InChI is InChI=1S/C24H33F3O/c1-2-3-16-4-6-17(7-5-16)18-8-10-19(11-9-18)20-12-21-15-28-24(26,27)14-22(21)23(25)13-20/h12-13,16-19H,2-11,14-15H2,1H3. The molecule has 4 rings (SSSR count). The number of ether oxygens (including phenoxy) is 1. The van der Waals surface area contributed by atoms with Gasteiger partial charge in [0.1, 0.15) is 5.82 Å². The quantitative estimate of drug-likeness (QED) is 0.518. The minimum atomic E-state index is -3.25. The van der Waals surface area contributed by atoms with E-state index in [1.807, 2.05) is 6.07 Å². The molecule has 0 saturated heterocycles. The molecule has 1 nitrogen and oxygen atoms in total. The molecule has 1 aromatic carbocycles. The Morgan fingerprint density at radius 3 is 2.25 bits per heavy atom. The van der Waals surface area contributed by atoms with Crippen molar-refractivity contribution in [2.45, 2.75) is 96.2 Å². The minimum absolute atomic E-state index is 0.137. The lowest BCUT2D eigenvalue weighted by atomic mass is 9.68. The van der Waals surface area contributed by atoms with Crippen LogP contribution in [0.25, 0.3) is 0 Å². The molecule has 1 heterocycles. The number of halogens is 3. The highest BCUT2D eigenvalue weighted by Gasteiger charge is 2.38. The molecule has 0 spiro atoms. The van der Waals surface area contributed by atoms with Gasteiger partial charge in [-0.05, 0) is 79.4 Å². The van der Waals surface area contributed by atoms with Crippen molar-refractivity contribution in [2.24, 2.45) is 17.8 Å². The summed E-state index contributed by atoms with van der Waals surface area (Å²) in [7, 11) is 0. The first-order valence-corrected chi connectivity index (χ1v) is 11.3. The maximum Gasteiger partial charge on any atom is 0.360 e. The van der Waals surface area contributed by atoms with Crippen LogP contribution in [0.2, 0.25) is 0 Å². The Kier molecular flexibility index (Phi) is 6.06. The third kappa shape index (κ3) is 4.42. The molecule has 0 radical (unpaired) electrons. The summed E-state index contributed by atoms with van der Waals surface area (Å²) in [5.74, 6) is 2.53. The lowest BCUT2D eigenvalue weighted by Gasteiger charge is -2.38. The van der Waals surface area contributed by atoms with Gasteiger partial charge in [0.05, 0.1) is 13.0 Å². The largest absolute Gasteiger partial charge is 0.360 e. The Labute approximate surface area is 167 Å². The van der Waals surface area contributed by atoms with Crippen molar-refractivity contribution in [2.75, 3.05) is 0 Å². The zero-order valence-corrected chi connectivity index (χ0v) is 17.0. The minimum Gasteiger partial charge on any atom is -0.315 e. The number of hydrogen-bond donors (Lipinski definition) is 0. The molecule has 156 valence electrons. The van der Waals surface area contributed by atoms with Gasteiger partial charge in [0, 0.05) is 5.56 Å². The fourth-order valence-corrected chi connectivity index (χ4v) is 6.00. The third-order valence-corrected chi connectivity index (χ3v) is 7.63. The molecule has 3 aliphatic rings. The van der Waals surface area contributed by atoms with Gasteiger partial charge in [-0.3, -0.25) is 0 Å². The van der Waals surface area contributed by atoms with E-state index in [1.54, 1.807) is 0 Å². The second-order valence-electron chi connectivity index (χ2n) is 9.42. The van der Waals surface area contributed by atoms with Crippen LogP contribution in [0.15, 0.2) is 12.1 Å². The molecule has 2 aliphatic carbocycles. The summed E-state index contributed by atoms with van der Waals surface area (Å²) in [4.78, 5) is 0. The Morgan fingerprint density at radius 1 is 0.964 bits per heavy atom. The van der Waals surface area contributed by atoms with Crippen molar-refractivity contribution in [1.82, 2.24) is 0 Å². The summed E-state index contributed by atoms with van der Waals surface area (Å²) in [5.41, 5.74) is 1.73. The average Bonchev–Trinajstić information content (AvgIpc) is 2.69. The molecule has 0 N–H and O–H groups in total. The van der Waals surface area contributed by atoms with Crippen LogP contribution < -0.4 is 0 Å². The van der Waals surface area contributed by atoms with Crippen molar-refractivity contribution >= 4 is 0 Å². The molecular weight excluding hydrogens is 361 g/mol. The van der Waals surface area contributed by atoms with Gasteiger partial charge in [0.2, 0.25) is 0 Å². The summed E-state index contributed by atoms with van der Waals surface area (Å²) in [5, 5.41) is 0. The maximum absolute atomic E-state index is 14.5. The highest BCUT2D eigenvalue weighted by molar-refractivity contribution is 5.36. The van der Waals surface area contributed by atoms with E-state index in [-0.39, 0.29) is 12.2 Å². The maximum atomic E-state index is 14.5. The molecule has 1 aromatic rings. The molecule has 1 aliphatic heterocycles. The number of rotatable bonds is 4. The molecule has 0 bridgehead atoms. The molecule has 4 heteroatoms. The zero-order chi connectivity index (χ0) is 19.7. The van der Waals surface area contributed by atoms with Gasteiger partial charge in [-0.1, -0.05) is 38.7 Å². The molecule has 2 fully saturated rings. The lowest BCUT2D eigenvalue weighted by molar-refractivity contribution is -0.251. The summed E-state index contributed by atoms with van der Waals surface area (Å²) in [6, 6.07) is 3.44. The van der Waals surface area contributed by atoms with Crippen LogP contribution in [0.4, 0.5) is 13.2 Å². The first kappa shape index (κ1) is 20.3. The lowest BCUT2D eigenvalue weighted by Crippen LogP contribution is -2.30. The summed E-state index contributed by atoms with van der Waals surface area (Å²) in [6.45, 7) is 2.10. The summed E-state index contributed by atoms with van der Waals surface area (Å²) >= 11 is 0. The number of benzene rings is 1. The van der Waals surface area contributed by atoms with Gasteiger partial charge >= 0.3 is 6.11 Å². The van der Waals surface area contributed by atoms with E-state index in [9.17, 15) is 13.2 Å². The van der Waals surface area contributed by atoms with Gasteiger partial charge < -0.3 is 4.74 Å². The smallest absolute Gasteiger partial charge is 0.315 e. The first-order valence-electron chi connectivity index (χ1n) is 11.3. The fraction of sp³-hybridized carbons (Fsp3) is 0.750. The fourth-order valence-electron chi connectivity index (χ4n) is 6.00. The van der Waals surface area contributed by atoms with Crippen LogP contribution in [0.1, 0.15) is 93.7 Å². The monoisotopic (exact) mass is 394 g/mol. The summed E-state index contributed by atoms with van der Waals surface area (Å²) < 4.78 is 46.0. The van der Waals surface area contributed by atoms with E-state index in [2.05, 4.69) is 11.7 Å². The zero-order valence-electron chi connectivity index (χ0n) is 17.0. The van der Waals surface area contributed by atoms with Gasteiger partial charge in [-0.2, -0.15) is 8.78 Å². The van der Waals surface area contributed by atoms with Crippen molar-refractivity contribution in [3.63, 3.8) is 0 Å².